The third-order valence-electron chi connectivity index (χ3n) is 11.0. The molecule has 5 N–H and O–H groups in total. The third kappa shape index (κ3) is 13.1. The molecule has 6 aromatic rings. The molecule has 346 valence electrons. The second kappa shape index (κ2) is 22.5. The molecule has 0 bridgehead atoms. The molecule has 0 saturated carbocycles. The number of likely N-dealkylation sites (N-methyl/N-ethyl adjacent to an activating group) is 1. The fourth-order valence-corrected chi connectivity index (χ4v) is 7.85. The van der Waals surface area contributed by atoms with Crippen molar-refractivity contribution in [1.82, 2.24) is 25.2 Å². The fourth-order valence-electron chi connectivity index (χ4n) is 7.52. The van der Waals surface area contributed by atoms with E-state index in [4.69, 9.17) is 23.2 Å². The minimum absolute atomic E-state index is 0.286. The molecular weight excluding hydrogens is 897 g/mol. The molecule has 8 rings (SSSR count). The molecule has 0 spiro atoms. The van der Waals surface area contributed by atoms with Gasteiger partial charge >= 0.3 is 0 Å². The van der Waals surface area contributed by atoms with Crippen LogP contribution in [0.15, 0.2) is 122 Å². The monoisotopic (exact) mass is 945 g/mol. The SMILES string of the molecule is CC1CN(c2ccc(C(=O)Nc3ccc(Cl)c(NC(=O)c4ccncc4)c3)cn2)CC(C)N1.CCN1CCN(c2ccc(C(=O)Nc3ccc(Cl)c(NC(=O)c4ccc(F)cc4)c3)cn2)CC1. The first kappa shape index (κ1) is 48.0. The van der Waals surface area contributed by atoms with E-state index >= 15 is 0 Å². The van der Waals surface area contributed by atoms with Crippen molar-refractivity contribution >= 4 is 81.2 Å². The quantitative estimate of drug-likeness (QED) is 0.0844. The summed E-state index contributed by atoms with van der Waals surface area (Å²) in [7, 11) is 0. The number of aromatic nitrogens is 3. The number of carbonyl (C=O) groups is 4. The zero-order valence-corrected chi connectivity index (χ0v) is 38.6. The van der Waals surface area contributed by atoms with E-state index in [0.29, 0.717) is 61.6 Å². The Kier molecular flexibility index (Phi) is 16.1. The third-order valence-corrected chi connectivity index (χ3v) is 11.7. The molecule has 5 heterocycles. The predicted molar refractivity (Wildman–Crippen MR) is 262 cm³/mol. The Morgan fingerprint density at radius 3 is 1.51 bits per heavy atom. The predicted octanol–water partition coefficient (Wildman–Crippen LogP) is 8.34. The largest absolute Gasteiger partial charge is 0.354 e. The Morgan fingerprint density at radius 1 is 0.597 bits per heavy atom. The number of amides is 4. The Bertz CT molecular complexity index is 2660. The van der Waals surface area contributed by atoms with Gasteiger partial charge in [0.2, 0.25) is 0 Å². The van der Waals surface area contributed by atoms with Gasteiger partial charge in [-0.2, -0.15) is 0 Å². The van der Waals surface area contributed by atoms with Crippen LogP contribution >= 0.6 is 23.2 Å². The van der Waals surface area contributed by atoms with E-state index in [1.807, 2.05) is 12.1 Å². The number of nitrogens with zero attached hydrogens (tertiary/aromatic N) is 6. The van der Waals surface area contributed by atoms with Gasteiger partial charge in [-0.25, -0.2) is 14.4 Å². The number of anilines is 6. The maximum absolute atomic E-state index is 13.1. The second-order valence-corrected chi connectivity index (χ2v) is 16.9. The van der Waals surface area contributed by atoms with Gasteiger partial charge in [0, 0.05) is 98.6 Å². The number of benzene rings is 3. The van der Waals surface area contributed by atoms with Crippen molar-refractivity contribution in [3.8, 4) is 0 Å². The van der Waals surface area contributed by atoms with Crippen LogP contribution in [-0.2, 0) is 0 Å². The maximum atomic E-state index is 13.1. The lowest BCUT2D eigenvalue weighted by atomic mass is 10.1. The average Bonchev–Trinajstić information content (AvgIpc) is 3.34. The molecule has 15 nitrogen and oxygen atoms in total. The Labute approximate surface area is 398 Å². The van der Waals surface area contributed by atoms with Crippen LogP contribution in [0.4, 0.5) is 38.8 Å². The molecule has 2 saturated heterocycles. The molecule has 0 aliphatic carbocycles. The van der Waals surface area contributed by atoms with Gasteiger partial charge in [-0.15, -0.1) is 0 Å². The van der Waals surface area contributed by atoms with E-state index in [-0.39, 0.29) is 23.3 Å². The van der Waals surface area contributed by atoms with Crippen molar-refractivity contribution in [3.63, 3.8) is 0 Å². The second-order valence-electron chi connectivity index (χ2n) is 16.1. The summed E-state index contributed by atoms with van der Waals surface area (Å²) in [6, 6.07) is 26.0. The number of pyridine rings is 3. The number of nitrogens with one attached hydrogen (secondary N) is 5. The highest BCUT2D eigenvalue weighted by Gasteiger charge is 2.23. The van der Waals surface area contributed by atoms with E-state index in [2.05, 4.69) is 77.0 Å². The van der Waals surface area contributed by atoms with Crippen molar-refractivity contribution in [2.45, 2.75) is 32.9 Å². The van der Waals surface area contributed by atoms with Crippen LogP contribution < -0.4 is 36.4 Å². The molecular formula is C49H50Cl2FN11O4. The van der Waals surface area contributed by atoms with Gasteiger partial charge in [0.15, 0.2) is 0 Å². The molecule has 2 aliphatic heterocycles. The van der Waals surface area contributed by atoms with E-state index in [1.165, 1.54) is 36.7 Å². The zero-order valence-electron chi connectivity index (χ0n) is 37.1. The Balaban J connectivity index is 0.000000199. The summed E-state index contributed by atoms with van der Waals surface area (Å²) >= 11 is 12.4. The number of piperazine rings is 2. The van der Waals surface area contributed by atoms with Crippen LogP contribution in [0.25, 0.3) is 0 Å². The van der Waals surface area contributed by atoms with E-state index in [1.54, 1.807) is 73.1 Å². The van der Waals surface area contributed by atoms with E-state index in [9.17, 15) is 23.6 Å². The minimum Gasteiger partial charge on any atom is -0.354 e. The van der Waals surface area contributed by atoms with E-state index < -0.39 is 11.7 Å². The number of hydrogen-bond donors (Lipinski definition) is 5. The summed E-state index contributed by atoms with van der Waals surface area (Å²) in [6.07, 6.45) is 6.21. The van der Waals surface area contributed by atoms with Gasteiger partial charge in [0.25, 0.3) is 23.6 Å². The van der Waals surface area contributed by atoms with Crippen molar-refractivity contribution in [2.75, 3.05) is 76.9 Å². The lowest BCUT2D eigenvalue weighted by Crippen LogP contribution is -2.54. The van der Waals surface area contributed by atoms with Gasteiger partial charge in [-0.3, -0.25) is 24.2 Å². The highest BCUT2D eigenvalue weighted by molar-refractivity contribution is 6.34. The minimum atomic E-state index is -0.440. The molecule has 4 amide bonds. The standard InChI is InChI=1S/C25H25ClFN5O2.C24H25ClN6O2/c1-2-31-11-13-32(14-12-31)23-10-5-18(16-28-23)25(34)29-20-8-9-21(26)22(15-20)30-24(33)17-3-6-19(27)7-4-17;1-15-13-31(14-16(2)28-15)22-6-3-18(12-27-22)24(33)29-19-4-5-20(25)21(11-19)30-23(32)17-7-9-26-10-8-17/h3-10,15-16H,2,11-14H2,1H3,(H,29,34)(H,30,33);3-12,15-16,28H,13-14H2,1-2H3,(H,29,33)(H,30,32). The van der Waals surface area contributed by atoms with Crippen LogP contribution in [-0.4, -0.2) is 101 Å². The van der Waals surface area contributed by atoms with Gasteiger partial charge in [-0.05, 0) is 117 Å². The Morgan fingerprint density at radius 2 is 1.04 bits per heavy atom. The lowest BCUT2D eigenvalue weighted by Gasteiger charge is -2.36. The molecule has 3 aromatic carbocycles. The van der Waals surface area contributed by atoms with Gasteiger partial charge < -0.3 is 41.3 Å². The van der Waals surface area contributed by atoms with Crippen LogP contribution in [0, 0.1) is 5.82 Å². The van der Waals surface area contributed by atoms with Crippen molar-refractivity contribution in [2.24, 2.45) is 0 Å². The first-order valence-corrected chi connectivity index (χ1v) is 22.5. The van der Waals surface area contributed by atoms with Crippen LogP contribution in [0.5, 0.6) is 0 Å². The normalized spacial score (nSPS) is 16.0. The molecule has 67 heavy (non-hydrogen) atoms. The molecule has 3 aromatic heterocycles. The lowest BCUT2D eigenvalue weighted by molar-refractivity contribution is 0.101. The van der Waals surface area contributed by atoms with Crippen LogP contribution in [0.3, 0.4) is 0 Å². The van der Waals surface area contributed by atoms with Crippen LogP contribution in [0.2, 0.25) is 10.0 Å². The maximum Gasteiger partial charge on any atom is 0.257 e. The van der Waals surface area contributed by atoms with Crippen molar-refractivity contribution in [3.05, 3.63) is 160 Å². The molecule has 18 heteroatoms. The summed E-state index contributed by atoms with van der Waals surface area (Å²) in [6.45, 7) is 13.0. The molecule has 2 fully saturated rings. The van der Waals surface area contributed by atoms with Crippen molar-refractivity contribution < 1.29 is 23.6 Å². The number of rotatable bonds is 11. The van der Waals surface area contributed by atoms with Gasteiger partial charge in [-0.1, -0.05) is 30.1 Å². The summed E-state index contributed by atoms with van der Waals surface area (Å²) in [5.74, 6) is -0.119. The highest BCUT2D eigenvalue weighted by Crippen LogP contribution is 2.28. The first-order chi connectivity index (χ1) is 32.3. The smallest absolute Gasteiger partial charge is 0.257 e. The van der Waals surface area contributed by atoms with Gasteiger partial charge in [0.05, 0.1) is 32.5 Å². The molecule has 0 radical (unpaired) electrons. The Hall–Kier alpha value is -6.98. The zero-order chi connectivity index (χ0) is 47.5. The molecule has 2 aliphatic rings. The van der Waals surface area contributed by atoms with Gasteiger partial charge in [0.1, 0.15) is 17.5 Å². The van der Waals surface area contributed by atoms with E-state index in [0.717, 1.165) is 57.4 Å². The average molecular weight is 947 g/mol. The molecule has 2 atom stereocenters. The summed E-state index contributed by atoms with van der Waals surface area (Å²) in [5.41, 5.74) is 3.28. The fraction of sp³-hybridized carbons (Fsp3) is 0.245. The topological polar surface area (TPSA) is 177 Å². The number of hydrogen-bond acceptors (Lipinski definition) is 11. The summed E-state index contributed by atoms with van der Waals surface area (Å²) < 4.78 is 13.1. The van der Waals surface area contributed by atoms with Crippen molar-refractivity contribution in [1.29, 1.82) is 0 Å². The highest BCUT2D eigenvalue weighted by atomic mass is 35.5. The number of carbonyl (C=O) groups excluding carboxylic acids is 4. The first-order valence-electron chi connectivity index (χ1n) is 21.7. The van der Waals surface area contributed by atoms with Crippen LogP contribution in [0.1, 0.15) is 62.2 Å². The summed E-state index contributed by atoms with van der Waals surface area (Å²) in [4.78, 5) is 70.0. The molecule has 2 unspecified atom stereocenters. The summed E-state index contributed by atoms with van der Waals surface area (Å²) in [5, 5.41) is 15.2. The number of halogens is 3.